The molecule has 0 aromatic rings. The number of thiocyanates is 2. The van der Waals surface area contributed by atoms with Gasteiger partial charge < -0.3 is 0 Å². The molecule has 0 unspecified atom stereocenters. The van der Waals surface area contributed by atoms with Crippen molar-refractivity contribution in [2.45, 2.75) is 0 Å². The molecular weight excluding hydrogens is 192 g/mol. The minimum absolute atomic E-state index is 0.236. The first-order chi connectivity index (χ1) is 5.81. The molecule has 0 aliphatic heterocycles. The molecule has 0 aliphatic rings. The van der Waals surface area contributed by atoms with E-state index in [0.29, 0.717) is 0 Å². The summed E-state index contributed by atoms with van der Waals surface area (Å²) in [6, 6.07) is 0. The van der Waals surface area contributed by atoms with E-state index >= 15 is 0 Å². The van der Waals surface area contributed by atoms with E-state index in [0.717, 1.165) is 23.5 Å². The molecule has 0 saturated carbocycles. The Kier molecular flexibility index (Phi) is 7.16. The van der Waals surface area contributed by atoms with E-state index in [1.54, 1.807) is 10.8 Å². The molecule has 0 N–H and O–H groups in total. The Morgan fingerprint density at radius 1 is 1.08 bits per heavy atom. The average molecular weight is 196 g/mol. The van der Waals surface area contributed by atoms with Gasteiger partial charge in [-0.2, -0.15) is 10.5 Å². The molecule has 3 nitrogen and oxygen atoms in total. The van der Waals surface area contributed by atoms with Crippen LogP contribution in [0.1, 0.15) is 0 Å². The zero-order valence-electron chi connectivity index (χ0n) is 5.93. The molecule has 60 valence electrons. The van der Waals surface area contributed by atoms with E-state index in [9.17, 15) is 4.79 Å². The highest BCUT2D eigenvalue weighted by Crippen LogP contribution is 2.00. The second-order valence-electron chi connectivity index (χ2n) is 1.43. The van der Waals surface area contributed by atoms with E-state index in [-0.39, 0.29) is 5.78 Å². The Balaban J connectivity index is 3.76. The molecule has 0 heterocycles. The number of carbonyl (C=O) groups is 1. The smallest absolute Gasteiger partial charge is 0.179 e. The second-order valence-corrected chi connectivity index (χ2v) is 2.81. The van der Waals surface area contributed by atoms with Crippen molar-refractivity contribution in [1.82, 2.24) is 0 Å². The lowest BCUT2D eigenvalue weighted by Gasteiger charge is -1.78. The van der Waals surface area contributed by atoms with Gasteiger partial charge in [-0.3, -0.25) is 4.79 Å². The highest BCUT2D eigenvalue weighted by atomic mass is 32.2. The second kappa shape index (κ2) is 7.93. The maximum atomic E-state index is 10.8. The van der Waals surface area contributed by atoms with E-state index < -0.39 is 0 Å². The van der Waals surface area contributed by atoms with Crippen molar-refractivity contribution in [2.24, 2.45) is 0 Å². The highest BCUT2D eigenvalue weighted by Gasteiger charge is 1.86. The summed E-state index contributed by atoms with van der Waals surface area (Å²) in [5, 5.41) is 22.5. The summed E-state index contributed by atoms with van der Waals surface area (Å²) in [5.74, 6) is -0.236. The molecule has 5 heteroatoms. The molecule has 0 amide bonds. The van der Waals surface area contributed by atoms with Crippen LogP contribution in [0.5, 0.6) is 0 Å². The highest BCUT2D eigenvalue weighted by molar-refractivity contribution is 8.06. The van der Waals surface area contributed by atoms with Gasteiger partial charge in [-0.15, -0.1) is 0 Å². The maximum Gasteiger partial charge on any atom is 0.179 e. The van der Waals surface area contributed by atoms with Crippen LogP contribution in [-0.4, -0.2) is 5.78 Å². The molecule has 0 saturated heterocycles. The molecule has 0 bridgehead atoms. The zero-order valence-corrected chi connectivity index (χ0v) is 7.56. The van der Waals surface area contributed by atoms with Gasteiger partial charge in [-0.25, -0.2) is 0 Å². The summed E-state index contributed by atoms with van der Waals surface area (Å²) in [7, 11) is 0. The average Bonchev–Trinajstić information content (AvgIpc) is 2.06. The molecule has 0 aromatic carbocycles. The van der Waals surface area contributed by atoms with Crippen LogP contribution in [0.2, 0.25) is 0 Å². The topological polar surface area (TPSA) is 64.7 Å². The Hall–Kier alpha value is -1.17. The van der Waals surface area contributed by atoms with Crippen LogP contribution < -0.4 is 0 Å². The van der Waals surface area contributed by atoms with Crippen molar-refractivity contribution in [2.75, 3.05) is 0 Å². The number of carbonyl (C=O) groups excluding carboxylic acids is 1. The van der Waals surface area contributed by atoms with Crippen LogP contribution in [0.15, 0.2) is 23.0 Å². The van der Waals surface area contributed by atoms with Crippen molar-refractivity contribution in [3.8, 4) is 10.8 Å². The number of ketones is 1. The first kappa shape index (κ1) is 10.8. The van der Waals surface area contributed by atoms with Crippen LogP contribution in [0, 0.1) is 21.3 Å². The van der Waals surface area contributed by atoms with Gasteiger partial charge in [0.15, 0.2) is 5.78 Å². The fraction of sp³-hybridized carbons (Fsp3) is 0. The van der Waals surface area contributed by atoms with Crippen LogP contribution in [-0.2, 0) is 4.79 Å². The Morgan fingerprint density at radius 2 is 1.50 bits per heavy atom. The van der Waals surface area contributed by atoms with Crippen molar-refractivity contribution >= 4 is 29.3 Å². The molecule has 12 heavy (non-hydrogen) atoms. The van der Waals surface area contributed by atoms with Gasteiger partial charge in [0.1, 0.15) is 10.8 Å². The van der Waals surface area contributed by atoms with Crippen LogP contribution in [0.4, 0.5) is 0 Å². The fourth-order valence-corrected chi connectivity index (χ4v) is 0.845. The lowest BCUT2D eigenvalue weighted by Crippen LogP contribution is -1.81. The Labute approximate surface area is 78.7 Å². The van der Waals surface area contributed by atoms with E-state index in [1.807, 2.05) is 0 Å². The zero-order chi connectivity index (χ0) is 9.23. The van der Waals surface area contributed by atoms with Gasteiger partial charge in [-0.05, 0) is 46.5 Å². The predicted molar refractivity (Wildman–Crippen MR) is 49.7 cm³/mol. The van der Waals surface area contributed by atoms with Crippen molar-refractivity contribution in [1.29, 1.82) is 10.5 Å². The third kappa shape index (κ3) is 6.94. The number of hydrogen-bond donors (Lipinski definition) is 0. The van der Waals surface area contributed by atoms with E-state index in [1.165, 1.54) is 23.0 Å². The number of hydrogen-bond acceptors (Lipinski definition) is 5. The molecule has 0 atom stereocenters. The van der Waals surface area contributed by atoms with Gasteiger partial charge in [-0.1, -0.05) is 0 Å². The molecule has 0 aromatic heterocycles. The lowest BCUT2D eigenvalue weighted by atomic mass is 10.4. The summed E-state index contributed by atoms with van der Waals surface area (Å²) >= 11 is 1.75. The first-order valence-corrected chi connectivity index (χ1v) is 4.53. The monoisotopic (exact) mass is 196 g/mol. The normalized spacial score (nSPS) is 9.83. The summed E-state index contributed by atoms with van der Waals surface area (Å²) in [6.07, 6.45) is 2.53. The summed E-state index contributed by atoms with van der Waals surface area (Å²) in [5.41, 5.74) is 0. The van der Waals surface area contributed by atoms with Crippen molar-refractivity contribution in [3.05, 3.63) is 23.0 Å². The quantitative estimate of drug-likeness (QED) is 0.508. The van der Waals surface area contributed by atoms with E-state index in [2.05, 4.69) is 0 Å². The molecule has 0 aliphatic carbocycles. The predicted octanol–water partition coefficient (Wildman–Crippen LogP) is 2.01. The molecular formula is C7H4N2OS2. The third-order valence-corrected chi connectivity index (χ3v) is 1.46. The van der Waals surface area contributed by atoms with Gasteiger partial charge in [0, 0.05) is 0 Å². The lowest BCUT2D eigenvalue weighted by molar-refractivity contribution is -0.110. The Morgan fingerprint density at radius 3 is 1.83 bits per heavy atom. The summed E-state index contributed by atoms with van der Waals surface area (Å²) in [4.78, 5) is 10.8. The number of nitrogens with zero attached hydrogens (tertiary/aromatic N) is 2. The van der Waals surface area contributed by atoms with Gasteiger partial charge in [0.2, 0.25) is 0 Å². The van der Waals surface area contributed by atoms with Crippen LogP contribution in [0.3, 0.4) is 0 Å². The standard InChI is InChI=1S/C7H4N2OS2/c8-5-11-3-1-7(10)2-4-12-6-9/h1-4H/b3-1-,4-2?. The van der Waals surface area contributed by atoms with Crippen molar-refractivity contribution < 1.29 is 4.79 Å². The summed E-state index contributed by atoms with van der Waals surface area (Å²) in [6.45, 7) is 0. The third-order valence-electron chi connectivity index (χ3n) is 0.706. The molecule has 0 fully saturated rings. The van der Waals surface area contributed by atoms with Crippen LogP contribution in [0.25, 0.3) is 0 Å². The van der Waals surface area contributed by atoms with Gasteiger partial charge in [0.05, 0.1) is 0 Å². The number of rotatable bonds is 4. The fourth-order valence-electron chi connectivity index (χ4n) is 0.319. The van der Waals surface area contributed by atoms with E-state index in [4.69, 9.17) is 10.5 Å². The minimum Gasteiger partial charge on any atom is -0.290 e. The number of thioether (sulfide) groups is 2. The van der Waals surface area contributed by atoms with Gasteiger partial charge >= 0.3 is 0 Å². The minimum atomic E-state index is -0.236. The summed E-state index contributed by atoms with van der Waals surface area (Å²) < 4.78 is 0. The number of nitriles is 2. The largest absolute Gasteiger partial charge is 0.290 e. The van der Waals surface area contributed by atoms with Crippen LogP contribution >= 0.6 is 23.5 Å². The number of allylic oxidation sites excluding steroid dienone is 2. The SMILES string of the molecule is N#CSC=CC(=O)/C=C\SC#N. The molecule has 0 radical (unpaired) electrons. The van der Waals surface area contributed by atoms with Crippen molar-refractivity contribution in [3.63, 3.8) is 0 Å². The first-order valence-electron chi connectivity index (χ1n) is 2.78. The Bertz CT molecular complexity index is 255. The van der Waals surface area contributed by atoms with Gasteiger partial charge in [0.25, 0.3) is 0 Å². The maximum absolute atomic E-state index is 10.8. The molecule has 0 rings (SSSR count). The molecule has 0 spiro atoms.